The van der Waals surface area contributed by atoms with Crippen molar-refractivity contribution in [2.24, 2.45) is 0 Å². The number of phenolic OH excluding ortho intramolecular Hbond substituents is 1. The fraction of sp³-hybridized carbons (Fsp3) is 0.174. The number of fused-ring (bicyclic) bond motifs is 1. The third-order valence-corrected chi connectivity index (χ3v) is 4.95. The number of hydrogen-bond acceptors (Lipinski definition) is 5. The van der Waals surface area contributed by atoms with E-state index in [1.165, 1.54) is 4.80 Å². The van der Waals surface area contributed by atoms with E-state index in [0.29, 0.717) is 17.8 Å². The molecule has 0 aliphatic carbocycles. The van der Waals surface area contributed by atoms with Gasteiger partial charge in [-0.3, -0.25) is 4.79 Å². The molecule has 6 heteroatoms. The number of aromatic nitrogens is 3. The maximum absolute atomic E-state index is 11.0. The van der Waals surface area contributed by atoms with Crippen LogP contribution in [-0.2, 0) is 6.54 Å². The summed E-state index contributed by atoms with van der Waals surface area (Å²) >= 11 is 0. The third kappa shape index (κ3) is 3.69. The number of benzene rings is 3. The Balaban J connectivity index is 1.70. The molecule has 0 radical (unpaired) electrons. The molecule has 0 atom stereocenters. The largest absolute Gasteiger partial charge is 0.505 e. The van der Waals surface area contributed by atoms with Crippen LogP contribution >= 0.6 is 0 Å². The summed E-state index contributed by atoms with van der Waals surface area (Å²) in [5.74, 6) is 0.166. The summed E-state index contributed by atoms with van der Waals surface area (Å²) in [4.78, 5) is 14.5. The highest BCUT2D eigenvalue weighted by atomic mass is 16.3. The molecule has 1 heterocycles. The number of hydrogen-bond donors (Lipinski definition) is 1. The summed E-state index contributed by atoms with van der Waals surface area (Å²) in [7, 11) is 0. The molecule has 29 heavy (non-hydrogen) atoms. The van der Waals surface area contributed by atoms with Crippen LogP contribution in [0.5, 0.6) is 5.75 Å². The van der Waals surface area contributed by atoms with Crippen molar-refractivity contribution in [1.29, 1.82) is 0 Å². The van der Waals surface area contributed by atoms with E-state index < -0.39 is 0 Å². The average molecular weight is 386 g/mol. The number of carbonyl (C=O) groups excluding carboxylic acids is 1. The van der Waals surface area contributed by atoms with Crippen LogP contribution in [0.25, 0.3) is 16.7 Å². The molecular formula is C23H22N4O2. The van der Waals surface area contributed by atoms with Gasteiger partial charge in [0, 0.05) is 29.9 Å². The molecule has 0 fully saturated rings. The Bertz CT molecular complexity index is 1130. The van der Waals surface area contributed by atoms with E-state index in [-0.39, 0.29) is 5.75 Å². The summed E-state index contributed by atoms with van der Waals surface area (Å²) < 4.78 is 0. The maximum atomic E-state index is 11.0. The van der Waals surface area contributed by atoms with Crippen molar-refractivity contribution in [3.63, 3.8) is 0 Å². The zero-order valence-corrected chi connectivity index (χ0v) is 16.4. The first-order chi connectivity index (χ1) is 14.1. The summed E-state index contributed by atoms with van der Waals surface area (Å²) in [6.07, 6.45) is 0.833. The predicted octanol–water partition coefficient (Wildman–Crippen LogP) is 4.27. The molecule has 0 saturated carbocycles. The zero-order valence-electron chi connectivity index (χ0n) is 16.4. The van der Waals surface area contributed by atoms with E-state index in [0.717, 1.165) is 40.7 Å². The minimum Gasteiger partial charge on any atom is -0.505 e. The van der Waals surface area contributed by atoms with Gasteiger partial charge in [-0.05, 0) is 61.9 Å². The molecule has 1 N–H and O–H groups in total. The standard InChI is InChI=1S/C23H22N4O2/c1-3-26(19-10-8-17(15-28)9-11-19)14-18-12-16(2)13-22(23(18)29)27-24-20-6-4-5-7-21(20)25-27/h4-13,15,29H,3,14H2,1-2H3. The van der Waals surface area contributed by atoms with Crippen molar-refractivity contribution in [3.05, 3.63) is 77.4 Å². The number of carbonyl (C=O) groups is 1. The second-order valence-corrected chi connectivity index (χ2v) is 6.99. The van der Waals surface area contributed by atoms with Crippen LogP contribution in [-0.4, -0.2) is 32.9 Å². The lowest BCUT2D eigenvalue weighted by atomic mass is 10.1. The van der Waals surface area contributed by atoms with Gasteiger partial charge >= 0.3 is 0 Å². The fourth-order valence-electron chi connectivity index (χ4n) is 3.43. The topological polar surface area (TPSA) is 71.2 Å². The number of nitrogens with zero attached hydrogens (tertiary/aromatic N) is 4. The zero-order chi connectivity index (χ0) is 20.4. The number of anilines is 1. The Labute approximate surface area is 169 Å². The van der Waals surface area contributed by atoms with Crippen LogP contribution in [0.2, 0.25) is 0 Å². The highest BCUT2D eigenvalue weighted by Crippen LogP contribution is 2.30. The highest BCUT2D eigenvalue weighted by molar-refractivity contribution is 5.76. The number of rotatable bonds is 6. The second-order valence-electron chi connectivity index (χ2n) is 6.99. The van der Waals surface area contributed by atoms with Crippen LogP contribution in [0.1, 0.15) is 28.4 Å². The van der Waals surface area contributed by atoms with Gasteiger partial charge in [0.15, 0.2) is 0 Å². The summed E-state index contributed by atoms with van der Waals surface area (Å²) in [6, 6.07) is 18.9. The molecule has 0 unspecified atom stereocenters. The Kier molecular flexibility index (Phi) is 4.99. The molecule has 0 aliphatic heterocycles. The molecule has 146 valence electrons. The van der Waals surface area contributed by atoms with E-state index in [1.54, 1.807) is 12.1 Å². The molecular weight excluding hydrogens is 364 g/mol. The minimum atomic E-state index is 0.166. The van der Waals surface area contributed by atoms with Gasteiger partial charge in [0.25, 0.3) is 0 Å². The van der Waals surface area contributed by atoms with Gasteiger partial charge in [0.1, 0.15) is 28.8 Å². The molecule has 4 aromatic rings. The van der Waals surface area contributed by atoms with Gasteiger partial charge in [0.2, 0.25) is 0 Å². The summed E-state index contributed by atoms with van der Waals surface area (Å²) in [5, 5.41) is 20.0. The molecule has 0 bridgehead atoms. The van der Waals surface area contributed by atoms with Crippen LogP contribution in [0.3, 0.4) is 0 Å². The first kappa shape index (κ1) is 18.7. The van der Waals surface area contributed by atoms with Gasteiger partial charge in [-0.1, -0.05) is 18.2 Å². The number of aromatic hydroxyl groups is 1. The Hall–Kier alpha value is -3.67. The van der Waals surface area contributed by atoms with Gasteiger partial charge in [-0.25, -0.2) is 0 Å². The Morgan fingerprint density at radius 1 is 1.03 bits per heavy atom. The van der Waals surface area contributed by atoms with Crippen molar-refractivity contribution in [2.75, 3.05) is 11.4 Å². The van der Waals surface area contributed by atoms with Crippen molar-refractivity contribution < 1.29 is 9.90 Å². The first-order valence-corrected chi connectivity index (χ1v) is 9.54. The lowest BCUT2D eigenvalue weighted by Gasteiger charge is -2.24. The SMILES string of the molecule is CCN(Cc1cc(C)cc(-n2nc3ccccc3n2)c1O)c1ccc(C=O)cc1. The molecule has 4 rings (SSSR count). The number of aryl methyl sites for hydroxylation is 1. The lowest BCUT2D eigenvalue weighted by molar-refractivity contribution is 0.112. The van der Waals surface area contributed by atoms with Gasteiger partial charge < -0.3 is 10.0 Å². The van der Waals surface area contributed by atoms with E-state index in [9.17, 15) is 9.90 Å². The maximum Gasteiger partial charge on any atom is 0.150 e. The minimum absolute atomic E-state index is 0.166. The Morgan fingerprint density at radius 2 is 1.69 bits per heavy atom. The van der Waals surface area contributed by atoms with E-state index in [4.69, 9.17) is 0 Å². The van der Waals surface area contributed by atoms with Crippen molar-refractivity contribution in [1.82, 2.24) is 15.0 Å². The monoisotopic (exact) mass is 386 g/mol. The normalized spacial score (nSPS) is 11.0. The molecule has 0 aliphatic rings. The van der Waals surface area contributed by atoms with E-state index >= 15 is 0 Å². The highest BCUT2D eigenvalue weighted by Gasteiger charge is 2.16. The average Bonchev–Trinajstić information content (AvgIpc) is 3.18. The number of aldehydes is 1. The van der Waals surface area contributed by atoms with Crippen molar-refractivity contribution in [3.8, 4) is 11.4 Å². The van der Waals surface area contributed by atoms with Gasteiger partial charge in [0.05, 0.1) is 0 Å². The fourth-order valence-corrected chi connectivity index (χ4v) is 3.43. The van der Waals surface area contributed by atoms with Crippen LogP contribution in [0.4, 0.5) is 5.69 Å². The van der Waals surface area contributed by atoms with Crippen LogP contribution in [0.15, 0.2) is 60.7 Å². The third-order valence-electron chi connectivity index (χ3n) is 4.95. The van der Waals surface area contributed by atoms with Crippen LogP contribution < -0.4 is 4.90 Å². The first-order valence-electron chi connectivity index (χ1n) is 9.54. The quantitative estimate of drug-likeness (QED) is 0.501. The van der Waals surface area contributed by atoms with Gasteiger partial charge in [-0.2, -0.15) is 0 Å². The molecule has 0 saturated heterocycles. The van der Waals surface area contributed by atoms with E-state index in [2.05, 4.69) is 22.0 Å². The second kappa shape index (κ2) is 7.75. The smallest absolute Gasteiger partial charge is 0.150 e. The van der Waals surface area contributed by atoms with E-state index in [1.807, 2.05) is 55.5 Å². The lowest BCUT2D eigenvalue weighted by Crippen LogP contribution is -2.22. The Morgan fingerprint density at radius 3 is 2.28 bits per heavy atom. The van der Waals surface area contributed by atoms with Crippen molar-refractivity contribution >= 4 is 23.0 Å². The molecule has 0 spiro atoms. The van der Waals surface area contributed by atoms with Crippen molar-refractivity contribution in [2.45, 2.75) is 20.4 Å². The molecule has 6 nitrogen and oxygen atoms in total. The van der Waals surface area contributed by atoms with Crippen LogP contribution in [0, 0.1) is 6.92 Å². The summed E-state index contributed by atoms with van der Waals surface area (Å²) in [6.45, 7) is 5.33. The molecule has 0 amide bonds. The summed E-state index contributed by atoms with van der Waals surface area (Å²) in [5.41, 5.74) is 5.55. The predicted molar refractivity (Wildman–Crippen MR) is 114 cm³/mol. The van der Waals surface area contributed by atoms with Gasteiger partial charge in [-0.15, -0.1) is 15.0 Å². The molecule has 1 aromatic heterocycles. The molecule has 3 aromatic carbocycles. The number of phenols is 1.